The zero-order chi connectivity index (χ0) is 12.9. The molecule has 0 radical (unpaired) electrons. The highest BCUT2D eigenvalue weighted by atomic mass is 19.4. The lowest BCUT2D eigenvalue weighted by Gasteiger charge is -2.14. The first-order valence-corrected chi connectivity index (χ1v) is 5.23. The zero-order valence-corrected chi connectivity index (χ0v) is 9.38. The van der Waals surface area contributed by atoms with Crippen LogP contribution in [-0.2, 0) is 6.18 Å². The monoisotopic (exact) mass is 242 g/mol. The number of aromatic nitrogens is 1. The van der Waals surface area contributed by atoms with Crippen LogP contribution in [-0.4, -0.2) is 11.0 Å². The standard InChI is InChI=1S/C12H13F3N2/c1-3-5-10(4-2)17-11-8-9(6-7-16-11)12(13,14)15/h2,6-8,10H,3,5H2,1H3,(H,16,17). The highest BCUT2D eigenvalue weighted by Crippen LogP contribution is 2.30. The minimum Gasteiger partial charge on any atom is -0.356 e. The van der Waals surface area contributed by atoms with Gasteiger partial charge in [-0.15, -0.1) is 6.42 Å². The lowest BCUT2D eigenvalue weighted by molar-refractivity contribution is -0.137. The van der Waals surface area contributed by atoms with E-state index in [-0.39, 0.29) is 11.9 Å². The van der Waals surface area contributed by atoms with E-state index in [1.165, 1.54) is 0 Å². The van der Waals surface area contributed by atoms with Crippen LogP contribution in [0.4, 0.5) is 19.0 Å². The third kappa shape index (κ3) is 3.99. The Morgan fingerprint density at radius 2 is 2.24 bits per heavy atom. The topological polar surface area (TPSA) is 24.9 Å². The van der Waals surface area contributed by atoms with Crippen LogP contribution in [0.25, 0.3) is 0 Å². The number of pyridine rings is 1. The van der Waals surface area contributed by atoms with Crippen LogP contribution in [0.2, 0.25) is 0 Å². The third-order valence-corrected chi connectivity index (χ3v) is 2.19. The Morgan fingerprint density at radius 3 is 2.76 bits per heavy atom. The van der Waals surface area contributed by atoms with Gasteiger partial charge in [-0.2, -0.15) is 13.2 Å². The number of rotatable bonds is 4. The van der Waals surface area contributed by atoms with E-state index in [4.69, 9.17) is 6.42 Å². The predicted octanol–water partition coefficient (Wildman–Crippen LogP) is 3.31. The number of alkyl halides is 3. The third-order valence-electron chi connectivity index (χ3n) is 2.19. The Kier molecular flexibility index (Phi) is 4.38. The van der Waals surface area contributed by atoms with E-state index in [0.29, 0.717) is 6.42 Å². The van der Waals surface area contributed by atoms with E-state index < -0.39 is 11.7 Å². The average Bonchev–Trinajstić information content (AvgIpc) is 2.28. The summed E-state index contributed by atoms with van der Waals surface area (Å²) >= 11 is 0. The number of hydrogen-bond acceptors (Lipinski definition) is 2. The van der Waals surface area contributed by atoms with Gasteiger partial charge in [-0.25, -0.2) is 4.98 Å². The molecule has 0 saturated heterocycles. The number of nitrogens with one attached hydrogen (secondary N) is 1. The summed E-state index contributed by atoms with van der Waals surface area (Å²) in [6.07, 6.45) is 3.56. The molecule has 1 atom stereocenters. The summed E-state index contributed by atoms with van der Waals surface area (Å²) in [4.78, 5) is 3.82. The fraction of sp³-hybridized carbons (Fsp3) is 0.417. The van der Waals surface area contributed by atoms with Crippen LogP contribution in [0.1, 0.15) is 25.3 Å². The number of halogens is 3. The maximum absolute atomic E-state index is 12.4. The molecule has 0 spiro atoms. The van der Waals surface area contributed by atoms with E-state index in [2.05, 4.69) is 16.2 Å². The van der Waals surface area contributed by atoms with Gasteiger partial charge < -0.3 is 5.32 Å². The predicted molar refractivity (Wildman–Crippen MR) is 60.4 cm³/mol. The van der Waals surface area contributed by atoms with Gasteiger partial charge in [-0.05, 0) is 18.6 Å². The molecular formula is C12H13F3N2. The molecule has 0 aromatic carbocycles. The summed E-state index contributed by atoms with van der Waals surface area (Å²) in [5, 5.41) is 2.79. The van der Waals surface area contributed by atoms with Crippen molar-refractivity contribution in [1.82, 2.24) is 4.98 Å². The highest BCUT2D eigenvalue weighted by molar-refractivity contribution is 5.41. The molecule has 1 N–H and O–H groups in total. The number of hydrogen-bond donors (Lipinski definition) is 1. The Labute approximate surface area is 98.3 Å². The van der Waals surface area contributed by atoms with Crippen molar-refractivity contribution in [2.45, 2.75) is 32.0 Å². The van der Waals surface area contributed by atoms with Gasteiger partial charge in [0.2, 0.25) is 0 Å². The van der Waals surface area contributed by atoms with Crippen molar-refractivity contribution in [2.24, 2.45) is 0 Å². The van der Waals surface area contributed by atoms with Crippen molar-refractivity contribution in [2.75, 3.05) is 5.32 Å². The summed E-state index contributed by atoms with van der Waals surface area (Å²) in [5.74, 6) is 2.63. The molecule has 0 aliphatic heterocycles. The zero-order valence-electron chi connectivity index (χ0n) is 9.38. The van der Waals surface area contributed by atoms with Gasteiger partial charge in [0, 0.05) is 6.20 Å². The van der Waals surface area contributed by atoms with Crippen LogP contribution in [0.15, 0.2) is 18.3 Å². The molecule has 1 aromatic heterocycles. The van der Waals surface area contributed by atoms with Gasteiger partial charge in [0.1, 0.15) is 5.82 Å². The van der Waals surface area contributed by atoms with Crippen molar-refractivity contribution in [1.29, 1.82) is 0 Å². The van der Waals surface area contributed by atoms with Gasteiger partial charge in [0.05, 0.1) is 11.6 Å². The first kappa shape index (κ1) is 13.4. The molecule has 1 rings (SSSR count). The van der Waals surface area contributed by atoms with Crippen molar-refractivity contribution in [3.05, 3.63) is 23.9 Å². The van der Waals surface area contributed by atoms with Gasteiger partial charge in [0.25, 0.3) is 0 Å². The molecular weight excluding hydrogens is 229 g/mol. The summed E-state index contributed by atoms with van der Waals surface area (Å²) < 4.78 is 37.3. The molecule has 1 unspecified atom stereocenters. The quantitative estimate of drug-likeness (QED) is 0.819. The molecule has 2 nitrogen and oxygen atoms in total. The fourth-order valence-electron chi connectivity index (χ4n) is 1.35. The van der Waals surface area contributed by atoms with Gasteiger partial charge in [-0.1, -0.05) is 19.3 Å². The first-order chi connectivity index (χ1) is 7.97. The minimum atomic E-state index is -4.37. The molecule has 0 saturated carbocycles. The van der Waals surface area contributed by atoms with Gasteiger partial charge >= 0.3 is 6.18 Å². The van der Waals surface area contributed by atoms with Crippen molar-refractivity contribution in [3.8, 4) is 12.3 Å². The summed E-state index contributed by atoms with van der Waals surface area (Å²) in [6.45, 7) is 1.95. The molecule has 17 heavy (non-hydrogen) atoms. The summed E-state index contributed by atoms with van der Waals surface area (Å²) in [5.41, 5.74) is -0.734. The van der Waals surface area contributed by atoms with E-state index in [1.54, 1.807) is 0 Å². The molecule has 5 heteroatoms. The number of nitrogens with zero attached hydrogens (tertiary/aromatic N) is 1. The molecule has 0 amide bonds. The largest absolute Gasteiger partial charge is 0.416 e. The van der Waals surface area contributed by atoms with Crippen LogP contribution in [0, 0.1) is 12.3 Å². The van der Waals surface area contributed by atoms with Gasteiger partial charge in [-0.3, -0.25) is 0 Å². The Morgan fingerprint density at radius 1 is 1.53 bits per heavy atom. The van der Waals surface area contributed by atoms with E-state index in [9.17, 15) is 13.2 Å². The maximum atomic E-state index is 12.4. The van der Waals surface area contributed by atoms with Crippen LogP contribution < -0.4 is 5.32 Å². The van der Waals surface area contributed by atoms with E-state index in [0.717, 1.165) is 24.8 Å². The fourth-order valence-corrected chi connectivity index (χ4v) is 1.35. The Balaban J connectivity index is 2.82. The second-order valence-electron chi connectivity index (χ2n) is 3.58. The van der Waals surface area contributed by atoms with E-state index in [1.807, 2.05) is 6.92 Å². The molecule has 0 aliphatic rings. The molecule has 92 valence electrons. The minimum absolute atomic E-state index is 0.149. The summed E-state index contributed by atoms with van der Waals surface area (Å²) in [7, 11) is 0. The highest BCUT2D eigenvalue weighted by Gasteiger charge is 2.30. The van der Waals surface area contributed by atoms with Crippen LogP contribution >= 0.6 is 0 Å². The summed E-state index contributed by atoms with van der Waals surface area (Å²) in [6, 6.07) is 1.59. The molecule has 1 heterocycles. The second kappa shape index (κ2) is 5.58. The van der Waals surface area contributed by atoms with Crippen molar-refractivity contribution in [3.63, 3.8) is 0 Å². The SMILES string of the molecule is C#CC(CCC)Nc1cc(C(F)(F)F)ccn1. The molecule has 0 fully saturated rings. The Hall–Kier alpha value is -1.70. The molecule has 1 aromatic rings. The van der Waals surface area contributed by atoms with E-state index >= 15 is 0 Å². The molecule has 0 aliphatic carbocycles. The maximum Gasteiger partial charge on any atom is 0.416 e. The van der Waals surface area contributed by atoms with Crippen molar-refractivity contribution < 1.29 is 13.2 Å². The smallest absolute Gasteiger partial charge is 0.356 e. The lowest BCUT2D eigenvalue weighted by atomic mass is 10.1. The average molecular weight is 242 g/mol. The van der Waals surface area contributed by atoms with Crippen LogP contribution in [0.5, 0.6) is 0 Å². The lowest BCUT2D eigenvalue weighted by Crippen LogP contribution is -2.18. The number of anilines is 1. The Bertz CT molecular complexity index is 407. The van der Waals surface area contributed by atoms with Crippen molar-refractivity contribution >= 4 is 5.82 Å². The first-order valence-electron chi connectivity index (χ1n) is 5.23. The second-order valence-corrected chi connectivity index (χ2v) is 3.58. The normalized spacial score (nSPS) is 12.9. The number of terminal acetylenes is 1. The van der Waals surface area contributed by atoms with Gasteiger partial charge in [0.15, 0.2) is 0 Å². The van der Waals surface area contributed by atoms with Crippen LogP contribution in [0.3, 0.4) is 0 Å². The molecule has 0 bridgehead atoms.